The Labute approximate surface area is 742 Å². The van der Waals surface area contributed by atoms with Gasteiger partial charge in [0, 0.05) is 41.4 Å². The first kappa shape index (κ1) is 97.0. The number of esters is 6. The first-order valence-electron chi connectivity index (χ1n) is 41.9. The molecule has 0 bridgehead atoms. The van der Waals surface area contributed by atoms with Crippen LogP contribution in [0.1, 0.15) is 123 Å². The number of ether oxygens (including phenoxy) is 17. The summed E-state index contributed by atoms with van der Waals surface area (Å²) >= 11 is 1.17. The second-order valence-corrected chi connectivity index (χ2v) is 38.5. The summed E-state index contributed by atoms with van der Waals surface area (Å²) < 4.78 is 123. The van der Waals surface area contributed by atoms with Gasteiger partial charge in [-0.15, -0.1) is 0 Å². The van der Waals surface area contributed by atoms with Crippen LogP contribution in [0.4, 0.5) is 0 Å². The van der Waals surface area contributed by atoms with E-state index in [1.807, 2.05) is 101 Å². The van der Waals surface area contributed by atoms with Crippen LogP contribution in [0.2, 0.25) is 18.1 Å². The standard InChI is InChI=1S/C93H108N6O26SSi/c1-57-41-45-68(46-42-57)126-92-86(121-88(107)67-39-27-16-28-40-67)84(115-52-65-35-23-14-24-36-65)79(71(119-92)56-111-74(105)48-44-59(3)101)123-89-75(96-98-94)81(112-49-62-29-17-11-18-30-62)77(69(116-89)53-108-60(4)102)124-91-85(120-87(106)66-37-25-15-26-38-66)83(114-51-64-33-21-13-22-34-64)78(70(118-91)55-110-73(104)47-43-58(2)100)122-90-76(97-99-95)82(113-50-63-31-19-12-20-32-63)80(72(117-90)54-109-61(5)103)125-127(9,10)93(6,7)8/h11-42,45-46,69-72,75-86,89-92H,43-44,47-56H2,1-10H3/t69-,70+,71+,72-,75-,76-,77-,78-,79-,80-,81-,82-,83+,84+,85-,86-,89-,90-,91+,92+/m1/s1. The molecule has 4 saturated heterocycles. The number of thioether (sulfide) groups is 1. The molecule has 7 aromatic rings. The molecule has 4 fully saturated rings. The minimum absolute atomic E-state index is 0.000748. The van der Waals surface area contributed by atoms with Crippen LogP contribution in [0, 0.1) is 6.92 Å². The highest BCUT2D eigenvalue weighted by molar-refractivity contribution is 7.99. The van der Waals surface area contributed by atoms with Crippen molar-refractivity contribution in [1.82, 2.24) is 0 Å². The number of rotatable bonds is 42. The first-order valence-corrected chi connectivity index (χ1v) is 45.7. The van der Waals surface area contributed by atoms with Crippen molar-refractivity contribution in [3.05, 3.63) is 266 Å². The predicted octanol–water partition coefficient (Wildman–Crippen LogP) is 14.6. The van der Waals surface area contributed by atoms with E-state index in [2.05, 4.69) is 20.1 Å². The number of carbonyl (C=O) groups is 8. The van der Waals surface area contributed by atoms with E-state index in [9.17, 15) is 44.6 Å². The molecule has 4 heterocycles. The number of hydrogen-bond donors (Lipinski definition) is 0. The maximum Gasteiger partial charge on any atom is 0.338 e. The number of aryl methyl sites for hydroxylation is 1. The van der Waals surface area contributed by atoms with Gasteiger partial charge in [0.1, 0.15) is 123 Å². The van der Waals surface area contributed by atoms with E-state index in [1.54, 1.807) is 133 Å². The van der Waals surface area contributed by atoms with Gasteiger partial charge >= 0.3 is 35.8 Å². The summed E-state index contributed by atoms with van der Waals surface area (Å²) in [5.74, 6) is -5.64. The van der Waals surface area contributed by atoms with E-state index >= 15 is 4.79 Å². The quantitative estimate of drug-likeness (QED) is 0.00856. The third-order valence-electron chi connectivity index (χ3n) is 21.9. The molecule has 0 unspecified atom stereocenters. The zero-order valence-electron chi connectivity index (χ0n) is 72.4. The summed E-state index contributed by atoms with van der Waals surface area (Å²) in [5, 5.41) is 8.31. The molecule has 11 rings (SSSR count). The highest BCUT2D eigenvalue weighted by atomic mass is 32.2. The number of hydrogen-bond acceptors (Lipinski definition) is 29. The van der Waals surface area contributed by atoms with Crippen LogP contribution in [0.5, 0.6) is 0 Å². The van der Waals surface area contributed by atoms with Crippen molar-refractivity contribution in [3.8, 4) is 0 Å². The van der Waals surface area contributed by atoms with Gasteiger partial charge in [-0.2, -0.15) is 0 Å². The second kappa shape index (κ2) is 47.5. The molecule has 34 heteroatoms. The molecule has 4 aliphatic heterocycles. The Balaban J connectivity index is 1.08. The van der Waals surface area contributed by atoms with Crippen molar-refractivity contribution >= 4 is 67.5 Å². The van der Waals surface area contributed by atoms with Crippen LogP contribution in [-0.2, 0) is 140 Å². The number of carbonyl (C=O) groups excluding carboxylic acids is 8. The molecule has 0 N–H and O–H groups in total. The molecule has 20 atom stereocenters. The number of nitrogens with zero attached hydrogens (tertiary/aromatic N) is 6. The smallest absolute Gasteiger partial charge is 0.338 e. The van der Waals surface area contributed by atoms with Crippen LogP contribution < -0.4 is 0 Å². The maximum absolute atomic E-state index is 15.4. The molecule has 4 aliphatic rings. The van der Waals surface area contributed by atoms with Crippen molar-refractivity contribution in [2.45, 2.75) is 252 Å². The minimum Gasteiger partial charge on any atom is -0.463 e. The molecule has 0 amide bonds. The molecule has 32 nitrogen and oxygen atoms in total. The summed E-state index contributed by atoms with van der Waals surface area (Å²) in [4.78, 5) is 117. The second-order valence-electron chi connectivity index (χ2n) is 32.5. The fourth-order valence-electron chi connectivity index (χ4n) is 14.3. The summed E-state index contributed by atoms with van der Waals surface area (Å²) in [6.45, 7) is 13.5. The number of azide groups is 2. The monoisotopic (exact) mass is 1780 g/mol. The van der Waals surface area contributed by atoms with Gasteiger partial charge in [-0.3, -0.25) is 19.2 Å². The van der Waals surface area contributed by atoms with Crippen molar-refractivity contribution in [2.24, 2.45) is 10.2 Å². The Morgan fingerprint density at radius 3 is 1.11 bits per heavy atom. The van der Waals surface area contributed by atoms with Gasteiger partial charge in [0.15, 0.2) is 39.4 Å². The van der Waals surface area contributed by atoms with Gasteiger partial charge in [0.2, 0.25) is 0 Å². The Morgan fingerprint density at radius 1 is 0.394 bits per heavy atom. The SMILES string of the molecule is CC(=O)CCC(=O)OC[C@@H]1O[C@@H](Sc2ccc(C)cc2)[C@H](OC(=O)c2ccccc2)[C@@H](OCc2ccccc2)[C@@H]1O[C@H]1O[C@H](COC(C)=O)[C@@H](O[C@@H]2O[C@@H](COC(=O)CCC(C)=O)[C@@H](O[C@H]3O[C@H](COC(C)=O)[C@@H](O[Si](C)(C)C(C)(C)C)[C@H](OCc4ccccc4)[C@H]3N=[N+]=[N-])[C@H](OCc3ccccc3)[C@H]2OC(=O)c2ccccc2)[C@H](OCc2ccccc2)[C@H]1N=[N+]=[N-]. The van der Waals surface area contributed by atoms with E-state index in [-0.39, 0.29) is 68.4 Å². The van der Waals surface area contributed by atoms with Crippen molar-refractivity contribution in [1.29, 1.82) is 0 Å². The van der Waals surface area contributed by atoms with Gasteiger partial charge < -0.3 is 94.5 Å². The molecule has 127 heavy (non-hydrogen) atoms. The van der Waals surface area contributed by atoms with Gasteiger partial charge in [0.25, 0.3) is 0 Å². The predicted molar refractivity (Wildman–Crippen MR) is 461 cm³/mol. The Kier molecular flexibility index (Phi) is 36.3. The van der Waals surface area contributed by atoms with Crippen LogP contribution >= 0.6 is 11.8 Å². The van der Waals surface area contributed by atoms with Gasteiger partial charge in [0.05, 0.1) is 56.5 Å². The first-order chi connectivity index (χ1) is 61.1. The highest BCUT2D eigenvalue weighted by Gasteiger charge is 2.60. The van der Waals surface area contributed by atoms with E-state index in [1.165, 1.54) is 44.7 Å². The van der Waals surface area contributed by atoms with Crippen LogP contribution in [0.3, 0.4) is 0 Å². The lowest BCUT2D eigenvalue weighted by Gasteiger charge is -2.52. The van der Waals surface area contributed by atoms with Crippen LogP contribution in [-0.4, -0.2) is 204 Å². The third-order valence-corrected chi connectivity index (χ3v) is 27.5. The van der Waals surface area contributed by atoms with Crippen molar-refractivity contribution in [3.63, 3.8) is 0 Å². The van der Waals surface area contributed by atoms with Gasteiger partial charge in [-0.25, -0.2) is 9.59 Å². The van der Waals surface area contributed by atoms with Gasteiger partial charge in [-0.05, 0) is 109 Å². The molecular weight excluding hydrogens is 1680 g/mol. The van der Waals surface area contributed by atoms with E-state index < -0.39 is 204 Å². The lowest BCUT2D eigenvalue weighted by atomic mass is 9.94. The average molecular weight is 1790 g/mol. The lowest BCUT2D eigenvalue weighted by molar-refractivity contribution is -0.376. The molecule has 676 valence electrons. The maximum atomic E-state index is 15.4. The highest BCUT2D eigenvalue weighted by Crippen LogP contribution is 2.45. The zero-order chi connectivity index (χ0) is 90.6. The number of Topliss-reactive ketones (excluding diaryl/α,β-unsaturated/α-hetero) is 2. The Bertz CT molecular complexity index is 4830. The third kappa shape index (κ3) is 28.2. The molecule has 0 aliphatic carbocycles. The fourth-order valence-corrected chi connectivity index (χ4v) is 16.7. The fraction of sp³-hybridized carbons (Fsp3) is 0.462. The van der Waals surface area contributed by atoms with Gasteiger partial charge in [-0.1, -0.05) is 218 Å². The lowest BCUT2D eigenvalue weighted by Crippen LogP contribution is -2.68. The summed E-state index contributed by atoms with van der Waals surface area (Å²) in [5.41, 5.74) is 24.3. The molecule has 0 aromatic heterocycles. The zero-order valence-corrected chi connectivity index (χ0v) is 74.2. The normalized spacial score (nSPS) is 25.9. The molecule has 0 spiro atoms. The topological polar surface area (TPSA) is 400 Å². The van der Waals surface area contributed by atoms with Crippen molar-refractivity contribution < 1.29 is 123 Å². The summed E-state index contributed by atoms with van der Waals surface area (Å²) in [6.07, 6.45) is -28.9. The molecular formula is C93H108N6O26SSi. The summed E-state index contributed by atoms with van der Waals surface area (Å²) in [6, 6.07) is 55.9. The largest absolute Gasteiger partial charge is 0.463 e. The molecule has 0 radical (unpaired) electrons. The van der Waals surface area contributed by atoms with Crippen LogP contribution in [0.25, 0.3) is 20.9 Å². The Hall–Kier alpha value is -10.6. The minimum atomic E-state index is -2.94. The number of benzene rings is 7. The van der Waals surface area contributed by atoms with E-state index in [0.29, 0.717) is 27.1 Å². The van der Waals surface area contributed by atoms with E-state index in [0.717, 1.165) is 12.5 Å². The Morgan fingerprint density at radius 2 is 0.724 bits per heavy atom. The summed E-state index contributed by atoms with van der Waals surface area (Å²) in [7, 11) is -2.94. The molecule has 7 aromatic carbocycles. The van der Waals surface area contributed by atoms with E-state index in [4.69, 9.17) is 85.0 Å². The molecule has 0 saturated carbocycles. The number of ketones is 2. The van der Waals surface area contributed by atoms with Crippen LogP contribution in [0.15, 0.2) is 221 Å². The van der Waals surface area contributed by atoms with Crippen molar-refractivity contribution in [2.75, 3.05) is 26.4 Å². The average Bonchev–Trinajstić information content (AvgIpc) is 0.755.